The van der Waals surface area contributed by atoms with Crippen LogP contribution in [0.5, 0.6) is 5.75 Å². The van der Waals surface area contributed by atoms with Crippen molar-refractivity contribution in [2.45, 2.75) is 38.7 Å². The van der Waals surface area contributed by atoms with Gasteiger partial charge in [0.1, 0.15) is 11.9 Å². The molecule has 2 saturated heterocycles. The quantitative estimate of drug-likeness (QED) is 0.777. The van der Waals surface area contributed by atoms with Crippen LogP contribution in [0, 0.1) is 12.8 Å². The van der Waals surface area contributed by atoms with E-state index < -0.39 is 0 Å². The number of hydrogen-bond acceptors (Lipinski definition) is 4. The molecule has 2 heterocycles. The van der Waals surface area contributed by atoms with Crippen molar-refractivity contribution < 1.29 is 14.3 Å². The summed E-state index contributed by atoms with van der Waals surface area (Å²) in [4.78, 5) is 27.8. The molecule has 1 atom stereocenters. The minimum Gasteiger partial charge on any atom is -0.490 e. The van der Waals surface area contributed by atoms with E-state index in [1.54, 1.807) is 0 Å². The van der Waals surface area contributed by atoms with Crippen molar-refractivity contribution >= 4 is 11.9 Å². The molecule has 1 aromatic carbocycles. The van der Waals surface area contributed by atoms with Gasteiger partial charge in [-0.25, -0.2) is 4.79 Å². The van der Waals surface area contributed by atoms with Crippen molar-refractivity contribution in [1.29, 1.82) is 0 Å². The topological polar surface area (TPSA) is 87.9 Å². The van der Waals surface area contributed by atoms with Gasteiger partial charge in [-0.1, -0.05) is 17.7 Å². The van der Waals surface area contributed by atoms with Gasteiger partial charge in [0.2, 0.25) is 5.91 Å². The first-order valence-corrected chi connectivity index (χ1v) is 10.3. The van der Waals surface area contributed by atoms with E-state index in [0.29, 0.717) is 26.2 Å². The molecule has 0 spiro atoms. The normalized spacial score (nSPS) is 21.3. The van der Waals surface area contributed by atoms with E-state index in [9.17, 15) is 9.59 Å². The Hall–Kier alpha value is -2.28. The fourth-order valence-corrected chi connectivity index (χ4v) is 3.91. The molecule has 3 amide bonds. The summed E-state index contributed by atoms with van der Waals surface area (Å²) in [5, 5.41) is 3.00. The largest absolute Gasteiger partial charge is 0.490 e. The van der Waals surface area contributed by atoms with Crippen LogP contribution in [-0.4, -0.2) is 67.1 Å². The molecule has 2 aliphatic heterocycles. The summed E-state index contributed by atoms with van der Waals surface area (Å²) >= 11 is 0. The number of likely N-dealkylation sites (tertiary alicyclic amines) is 2. The molecule has 0 unspecified atom stereocenters. The third kappa shape index (κ3) is 5.86. The van der Waals surface area contributed by atoms with Gasteiger partial charge >= 0.3 is 6.03 Å². The lowest BCUT2D eigenvalue weighted by atomic mass is 9.97. The number of nitrogens with two attached hydrogens (primary N) is 1. The number of carbonyl (C=O) groups excluding carboxylic acids is 2. The number of piperidine rings is 2. The summed E-state index contributed by atoms with van der Waals surface area (Å²) in [6.45, 7) is 6.47. The van der Waals surface area contributed by atoms with Gasteiger partial charge in [-0.3, -0.25) is 4.79 Å². The summed E-state index contributed by atoms with van der Waals surface area (Å²) in [6.07, 6.45) is 3.70. The maximum absolute atomic E-state index is 12.4. The molecular weight excluding hydrogens is 356 g/mol. The predicted molar refractivity (Wildman–Crippen MR) is 108 cm³/mol. The number of urea groups is 1. The standard InChI is InChI=1S/C21H32N4O3/c1-16-4-6-18(7-5-16)28-19-8-12-25(13-9-19)21(27)23-10-14-24-11-2-3-17(15-24)20(22)26/h4-7,17,19H,2-3,8-15H2,1H3,(H2,22,26)(H,23,27)/t17-/m1/s1. The summed E-state index contributed by atoms with van der Waals surface area (Å²) in [5.74, 6) is 0.616. The van der Waals surface area contributed by atoms with Crippen LogP contribution in [0.4, 0.5) is 4.79 Å². The molecule has 0 bridgehead atoms. The Morgan fingerprint density at radius 1 is 1.14 bits per heavy atom. The van der Waals surface area contributed by atoms with E-state index in [1.165, 1.54) is 5.56 Å². The number of primary amides is 1. The van der Waals surface area contributed by atoms with Gasteiger partial charge in [-0.15, -0.1) is 0 Å². The van der Waals surface area contributed by atoms with Crippen molar-refractivity contribution in [3.63, 3.8) is 0 Å². The Kier molecular flexibility index (Phi) is 7.14. The number of rotatable bonds is 6. The van der Waals surface area contributed by atoms with E-state index in [-0.39, 0.29) is 24.0 Å². The molecule has 0 saturated carbocycles. The van der Waals surface area contributed by atoms with Crippen molar-refractivity contribution in [2.24, 2.45) is 11.7 Å². The van der Waals surface area contributed by atoms with Crippen LogP contribution in [0.1, 0.15) is 31.2 Å². The first-order valence-electron chi connectivity index (χ1n) is 10.3. The zero-order valence-corrected chi connectivity index (χ0v) is 16.7. The Bertz CT molecular complexity index is 656. The van der Waals surface area contributed by atoms with Crippen LogP contribution >= 0.6 is 0 Å². The van der Waals surface area contributed by atoms with Crippen molar-refractivity contribution in [1.82, 2.24) is 15.1 Å². The highest BCUT2D eigenvalue weighted by atomic mass is 16.5. The van der Waals surface area contributed by atoms with E-state index in [4.69, 9.17) is 10.5 Å². The lowest BCUT2D eigenvalue weighted by Gasteiger charge is -2.33. The van der Waals surface area contributed by atoms with Crippen LogP contribution in [0.15, 0.2) is 24.3 Å². The number of carbonyl (C=O) groups is 2. The number of ether oxygens (including phenoxy) is 1. The Morgan fingerprint density at radius 2 is 1.86 bits per heavy atom. The molecule has 0 aliphatic carbocycles. The molecule has 0 aromatic heterocycles. The third-order valence-corrected chi connectivity index (χ3v) is 5.67. The minimum absolute atomic E-state index is 0.0164. The van der Waals surface area contributed by atoms with Crippen LogP contribution in [0.3, 0.4) is 0 Å². The SMILES string of the molecule is Cc1ccc(OC2CCN(C(=O)NCCN3CCC[C@@H](C(N)=O)C3)CC2)cc1. The smallest absolute Gasteiger partial charge is 0.317 e. The van der Waals surface area contributed by atoms with Gasteiger partial charge in [0.05, 0.1) is 5.92 Å². The van der Waals surface area contributed by atoms with E-state index >= 15 is 0 Å². The fraction of sp³-hybridized carbons (Fsp3) is 0.619. The zero-order valence-electron chi connectivity index (χ0n) is 16.7. The average molecular weight is 389 g/mol. The Labute approximate surface area is 167 Å². The lowest BCUT2D eigenvalue weighted by molar-refractivity contribution is -0.123. The maximum atomic E-state index is 12.4. The van der Waals surface area contributed by atoms with Crippen LogP contribution in [0.25, 0.3) is 0 Å². The van der Waals surface area contributed by atoms with Gasteiger partial charge in [0, 0.05) is 45.6 Å². The lowest BCUT2D eigenvalue weighted by Crippen LogP contribution is -2.49. The second kappa shape index (κ2) is 9.78. The summed E-state index contributed by atoms with van der Waals surface area (Å²) < 4.78 is 6.03. The fourth-order valence-electron chi connectivity index (χ4n) is 3.91. The monoisotopic (exact) mass is 388 g/mol. The van der Waals surface area contributed by atoms with Crippen molar-refractivity contribution in [3.05, 3.63) is 29.8 Å². The molecule has 154 valence electrons. The van der Waals surface area contributed by atoms with Crippen LogP contribution in [-0.2, 0) is 4.79 Å². The second-order valence-corrected chi connectivity index (χ2v) is 7.89. The molecule has 2 fully saturated rings. The molecule has 3 N–H and O–H groups in total. The van der Waals surface area contributed by atoms with E-state index in [2.05, 4.69) is 17.1 Å². The number of nitrogens with zero attached hydrogens (tertiary/aromatic N) is 2. The van der Waals surface area contributed by atoms with Gasteiger partial charge in [0.15, 0.2) is 0 Å². The molecule has 7 heteroatoms. The third-order valence-electron chi connectivity index (χ3n) is 5.67. The second-order valence-electron chi connectivity index (χ2n) is 7.89. The molecule has 7 nitrogen and oxygen atoms in total. The molecule has 2 aliphatic rings. The zero-order chi connectivity index (χ0) is 19.9. The Morgan fingerprint density at radius 3 is 2.54 bits per heavy atom. The number of benzene rings is 1. The highest BCUT2D eigenvalue weighted by molar-refractivity contribution is 5.77. The molecule has 28 heavy (non-hydrogen) atoms. The Balaban J connectivity index is 1.33. The number of nitrogens with one attached hydrogen (secondary N) is 1. The molecule has 3 rings (SSSR count). The number of aryl methyl sites for hydroxylation is 1. The summed E-state index contributed by atoms with van der Waals surface area (Å²) in [5.41, 5.74) is 6.63. The molecular formula is C21H32N4O3. The minimum atomic E-state index is -0.218. The number of amides is 3. The van der Waals surface area contributed by atoms with Gasteiger partial charge in [0.25, 0.3) is 0 Å². The van der Waals surface area contributed by atoms with Crippen molar-refractivity contribution in [2.75, 3.05) is 39.3 Å². The van der Waals surface area contributed by atoms with Crippen molar-refractivity contribution in [3.8, 4) is 5.75 Å². The van der Waals surface area contributed by atoms with Gasteiger partial charge in [-0.2, -0.15) is 0 Å². The number of hydrogen-bond donors (Lipinski definition) is 2. The van der Waals surface area contributed by atoms with Crippen LogP contribution < -0.4 is 15.8 Å². The summed E-state index contributed by atoms with van der Waals surface area (Å²) in [6, 6.07) is 8.07. The van der Waals surface area contributed by atoms with E-state index in [0.717, 1.165) is 44.5 Å². The summed E-state index contributed by atoms with van der Waals surface area (Å²) in [7, 11) is 0. The first-order chi connectivity index (χ1) is 13.5. The predicted octanol–water partition coefficient (Wildman–Crippen LogP) is 1.75. The molecule has 0 radical (unpaired) electrons. The highest BCUT2D eigenvalue weighted by Crippen LogP contribution is 2.19. The van der Waals surface area contributed by atoms with E-state index in [1.807, 2.05) is 29.2 Å². The average Bonchev–Trinajstić information content (AvgIpc) is 2.70. The van der Waals surface area contributed by atoms with Gasteiger partial charge < -0.3 is 25.6 Å². The van der Waals surface area contributed by atoms with Crippen LogP contribution in [0.2, 0.25) is 0 Å². The van der Waals surface area contributed by atoms with Gasteiger partial charge in [-0.05, 0) is 38.4 Å². The highest BCUT2D eigenvalue weighted by Gasteiger charge is 2.25. The first kappa shape index (κ1) is 20.5. The molecule has 1 aromatic rings. The maximum Gasteiger partial charge on any atom is 0.317 e.